The van der Waals surface area contributed by atoms with Gasteiger partial charge in [-0.1, -0.05) is 242 Å². The van der Waals surface area contributed by atoms with Crippen LogP contribution in [-0.4, -0.2) is 73.4 Å². The largest absolute Gasteiger partial charge is 0.472 e. The van der Waals surface area contributed by atoms with E-state index in [-0.39, 0.29) is 19.1 Å². The molecule has 0 saturated heterocycles. The Kier molecular flexibility index (Phi) is 47.9. The van der Waals surface area contributed by atoms with E-state index in [9.17, 15) is 19.4 Å². The SMILES string of the molecule is CC/C=C\C/C=C\C/C=C\CCCCCC(=O)NC(COP(=O)(O)OCC[N+](C)(C)C)C(O)/C=C/CC/C=C/CCCCCCCCCCCCCCCCCCCCCCCCCCCC. The minimum atomic E-state index is -4.36. The average molecular weight is 962 g/mol. The first kappa shape index (κ1) is 65.2. The molecule has 3 atom stereocenters. The third-order valence-electron chi connectivity index (χ3n) is 12.5. The Morgan fingerprint density at radius 2 is 0.910 bits per heavy atom. The lowest BCUT2D eigenvalue weighted by Crippen LogP contribution is -2.45. The first-order chi connectivity index (χ1) is 32.5. The third kappa shape index (κ3) is 51.9. The fourth-order valence-corrected chi connectivity index (χ4v) is 8.81. The van der Waals surface area contributed by atoms with Gasteiger partial charge < -0.3 is 19.8 Å². The number of amides is 1. The van der Waals surface area contributed by atoms with Crippen molar-refractivity contribution in [3.05, 3.63) is 60.8 Å². The Bertz CT molecular complexity index is 1270. The molecular weight excluding hydrogens is 852 g/mol. The fraction of sp³-hybridized carbons (Fsp3) is 0.810. The summed E-state index contributed by atoms with van der Waals surface area (Å²) in [6, 6.07) is -0.881. The van der Waals surface area contributed by atoms with Crippen LogP contribution >= 0.6 is 7.82 Å². The molecule has 67 heavy (non-hydrogen) atoms. The second kappa shape index (κ2) is 49.2. The molecule has 0 aliphatic rings. The van der Waals surface area contributed by atoms with Crippen LogP contribution in [0.4, 0.5) is 0 Å². The van der Waals surface area contributed by atoms with Crippen molar-refractivity contribution < 1.29 is 32.9 Å². The number of aliphatic hydroxyl groups excluding tert-OH is 1. The highest BCUT2D eigenvalue weighted by Crippen LogP contribution is 2.43. The third-order valence-corrected chi connectivity index (χ3v) is 13.5. The highest BCUT2D eigenvalue weighted by Gasteiger charge is 2.27. The summed E-state index contributed by atoms with van der Waals surface area (Å²) in [6.07, 6.45) is 66.4. The van der Waals surface area contributed by atoms with Crippen molar-refractivity contribution in [3.63, 3.8) is 0 Å². The van der Waals surface area contributed by atoms with Crippen molar-refractivity contribution in [3.8, 4) is 0 Å². The number of likely N-dealkylation sites (N-methyl/N-ethyl adjacent to an activating group) is 1. The fourth-order valence-electron chi connectivity index (χ4n) is 8.07. The van der Waals surface area contributed by atoms with Crippen molar-refractivity contribution >= 4 is 13.7 Å². The predicted octanol–water partition coefficient (Wildman–Crippen LogP) is 16.9. The molecule has 0 aromatic carbocycles. The Labute approximate surface area is 415 Å². The highest BCUT2D eigenvalue weighted by atomic mass is 31.2. The molecule has 0 spiro atoms. The van der Waals surface area contributed by atoms with Crippen molar-refractivity contribution in [2.24, 2.45) is 0 Å². The van der Waals surface area contributed by atoms with Crippen LogP contribution in [0.1, 0.15) is 251 Å². The van der Waals surface area contributed by atoms with Gasteiger partial charge in [0, 0.05) is 6.42 Å². The smallest absolute Gasteiger partial charge is 0.387 e. The van der Waals surface area contributed by atoms with Crippen LogP contribution in [0.15, 0.2) is 60.8 Å². The van der Waals surface area contributed by atoms with Crippen LogP contribution in [0, 0.1) is 0 Å². The Balaban J connectivity index is 4.13. The summed E-state index contributed by atoms with van der Waals surface area (Å²) in [6.45, 7) is 4.66. The summed E-state index contributed by atoms with van der Waals surface area (Å²) in [5, 5.41) is 13.8. The number of phosphoric ester groups is 1. The first-order valence-electron chi connectivity index (χ1n) is 28.2. The van der Waals surface area contributed by atoms with Gasteiger partial charge in [-0.15, -0.1) is 0 Å². The van der Waals surface area contributed by atoms with Crippen molar-refractivity contribution in [1.29, 1.82) is 0 Å². The molecule has 3 N–H and O–H groups in total. The molecule has 0 radical (unpaired) electrons. The van der Waals surface area contributed by atoms with Gasteiger partial charge >= 0.3 is 7.82 Å². The van der Waals surface area contributed by atoms with E-state index in [1.807, 2.05) is 27.2 Å². The van der Waals surface area contributed by atoms with Crippen LogP contribution in [0.5, 0.6) is 0 Å². The van der Waals surface area contributed by atoms with Crippen LogP contribution < -0.4 is 5.32 Å². The van der Waals surface area contributed by atoms with Gasteiger partial charge in [0.2, 0.25) is 5.91 Å². The molecule has 9 heteroatoms. The summed E-state index contributed by atoms with van der Waals surface area (Å²) in [7, 11) is 1.53. The van der Waals surface area contributed by atoms with Crippen LogP contribution in [0.2, 0.25) is 0 Å². The van der Waals surface area contributed by atoms with Crippen molar-refractivity contribution in [2.45, 2.75) is 264 Å². The zero-order chi connectivity index (χ0) is 49.2. The lowest BCUT2D eigenvalue weighted by atomic mass is 10.0. The zero-order valence-corrected chi connectivity index (χ0v) is 45.5. The van der Waals surface area contributed by atoms with E-state index in [1.165, 1.54) is 167 Å². The maximum atomic E-state index is 12.9. The summed E-state index contributed by atoms with van der Waals surface area (Å²) in [4.78, 5) is 23.2. The van der Waals surface area contributed by atoms with Gasteiger partial charge in [0.15, 0.2) is 0 Å². The number of phosphoric acid groups is 1. The summed E-state index contributed by atoms with van der Waals surface area (Å²) in [5.41, 5.74) is 0. The number of aliphatic hydroxyl groups is 1. The van der Waals surface area contributed by atoms with Crippen LogP contribution in [-0.2, 0) is 18.4 Å². The minimum absolute atomic E-state index is 0.0481. The van der Waals surface area contributed by atoms with Gasteiger partial charge in [-0.25, -0.2) is 4.57 Å². The molecule has 0 saturated carbocycles. The van der Waals surface area contributed by atoms with Crippen molar-refractivity contribution in [1.82, 2.24) is 5.32 Å². The van der Waals surface area contributed by atoms with E-state index in [0.29, 0.717) is 17.4 Å². The molecule has 0 fully saturated rings. The molecule has 8 nitrogen and oxygen atoms in total. The van der Waals surface area contributed by atoms with Gasteiger partial charge in [-0.2, -0.15) is 0 Å². The number of hydrogen-bond donors (Lipinski definition) is 3. The molecule has 0 aromatic heterocycles. The molecule has 0 aliphatic heterocycles. The van der Waals surface area contributed by atoms with Gasteiger partial charge in [0.1, 0.15) is 13.2 Å². The van der Waals surface area contributed by atoms with Crippen LogP contribution in [0.25, 0.3) is 0 Å². The van der Waals surface area contributed by atoms with Gasteiger partial charge in [0.05, 0.1) is 39.9 Å². The quantitative estimate of drug-likeness (QED) is 0.0243. The van der Waals surface area contributed by atoms with Gasteiger partial charge in [-0.05, 0) is 64.2 Å². The van der Waals surface area contributed by atoms with Crippen molar-refractivity contribution in [2.75, 3.05) is 40.9 Å². The molecule has 0 rings (SSSR count). The molecule has 0 bridgehead atoms. The molecule has 0 heterocycles. The maximum Gasteiger partial charge on any atom is 0.472 e. The van der Waals surface area contributed by atoms with Gasteiger partial charge in [0.25, 0.3) is 0 Å². The number of rotatable bonds is 51. The van der Waals surface area contributed by atoms with E-state index in [1.54, 1.807) is 6.08 Å². The Morgan fingerprint density at radius 3 is 1.37 bits per heavy atom. The minimum Gasteiger partial charge on any atom is -0.387 e. The average Bonchev–Trinajstić information content (AvgIpc) is 3.29. The monoisotopic (exact) mass is 962 g/mol. The number of carbonyl (C=O) groups excluding carboxylic acids is 1. The second-order valence-electron chi connectivity index (χ2n) is 20.3. The van der Waals surface area contributed by atoms with E-state index in [2.05, 4.69) is 67.8 Å². The molecule has 392 valence electrons. The summed E-state index contributed by atoms with van der Waals surface area (Å²) < 4.78 is 23.6. The summed E-state index contributed by atoms with van der Waals surface area (Å²) >= 11 is 0. The Hall–Kier alpha value is -1.80. The molecule has 0 aromatic rings. The van der Waals surface area contributed by atoms with E-state index >= 15 is 0 Å². The van der Waals surface area contributed by atoms with Crippen LogP contribution in [0.3, 0.4) is 0 Å². The normalized spacial score (nSPS) is 14.4. The number of nitrogens with zero attached hydrogens (tertiary/aromatic N) is 1. The van der Waals surface area contributed by atoms with E-state index < -0.39 is 20.0 Å². The number of quaternary nitrogens is 1. The lowest BCUT2D eigenvalue weighted by Gasteiger charge is -2.25. The molecular formula is C58H110N2O6P+. The molecule has 1 amide bonds. The number of carbonyl (C=O) groups is 1. The van der Waals surface area contributed by atoms with Gasteiger partial charge in [-0.3, -0.25) is 13.8 Å². The predicted molar refractivity (Wildman–Crippen MR) is 290 cm³/mol. The number of unbranched alkanes of at least 4 members (excludes halogenated alkanes) is 30. The number of allylic oxidation sites excluding steroid dienone is 9. The van der Waals surface area contributed by atoms with E-state index in [4.69, 9.17) is 9.05 Å². The molecule has 0 aliphatic carbocycles. The standard InChI is InChI=1S/C58H109N2O6P/c1-6-8-10-12-14-16-18-20-21-22-23-24-25-26-27-28-29-30-31-32-33-34-35-36-37-38-40-41-43-45-47-49-51-57(61)56(55-66-67(63,64)65-54-53-60(3,4)5)59-58(62)52-50-48-46-44-42-39-19-17-15-13-11-9-7-2/h9,11,15,17,39,41-43,49,51,56-57,61H,6-8,10,12-14,16,18-38,40,44-48,50,52-55H2,1-5H3,(H-,59,62,63,64)/p+1/b11-9-,17-15-,42-39-,43-41+,51-49+. The topological polar surface area (TPSA) is 105 Å². The lowest BCUT2D eigenvalue weighted by molar-refractivity contribution is -0.870. The van der Waals surface area contributed by atoms with E-state index in [0.717, 1.165) is 64.2 Å². The number of nitrogens with one attached hydrogen (secondary N) is 1. The maximum absolute atomic E-state index is 12.9. The Morgan fingerprint density at radius 1 is 0.522 bits per heavy atom. The summed E-state index contributed by atoms with van der Waals surface area (Å²) in [5.74, 6) is -0.216. The molecule has 3 unspecified atom stereocenters. The zero-order valence-electron chi connectivity index (χ0n) is 44.6. The first-order valence-corrected chi connectivity index (χ1v) is 29.7. The highest BCUT2D eigenvalue weighted by molar-refractivity contribution is 7.47. The second-order valence-corrected chi connectivity index (χ2v) is 21.7. The number of hydrogen-bond acceptors (Lipinski definition) is 5.